The highest BCUT2D eigenvalue weighted by Crippen LogP contribution is 2.29. The Morgan fingerprint density at radius 1 is 1.27 bits per heavy atom. The molecule has 152 valence electrons. The number of hydrogen-bond donors (Lipinski definition) is 0. The average molecular weight is 373 g/mol. The third-order valence-corrected chi connectivity index (χ3v) is 4.28. The quantitative estimate of drug-likeness (QED) is 0.480. The highest BCUT2D eigenvalue weighted by molar-refractivity contribution is 5.68. The minimum atomic E-state index is -0.548. The van der Waals surface area contributed by atoms with E-state index in [4.69, 9.17) is 18.9 Å². The van der Waals surface area contributed by atoms with Crippen molar-refractivity contribution < 1.29 is 28.5 Å². The maximum Gasteiger partial charge on any atom is 0.410 e. The lowest BCUT2D eigenvalue weighted by atomic mass is 9.87. The van der Waals surface area contributed by atoms with Gasteiger partial charge in [-0.2, -0.15) is 0 Å². The van der Waals surface area contributed by atoms with Gasteiger partial charge in [0.2, 0.25) is 0 Å². The molecule has 26 heavy (non-hydrogen) atoms. The molecule has 0 aromatic heterocycles. The second kappa shape index (κ2) is 10.7. The van der Waals surface area contributed by atoms with Gasteiger partial charge >= 0.3 is 12.1 Å². The van der Waals surface area contributed by atoms with E-state index in [1.165, 1.54) is 6.92 Å². The van der Waals surface area contributed by atoms with Crippen LogP contribution in [0.2, 0.25) is 0 Å². The predicted octanol–water partition coefficient (Wildman–Crippen LogP) is 3.35. The monoisotopic (exact) mass is 373 g/mol. The molecule has 1 aliphatic rings. The number of unbranched alkanes of at least 4 members (excludes halogenated alkanes) is 1. The Kier molecular flexibility index (Phi) is 9.36. The zero-order valence-electron chi connectivity index (χ0n) is 17.1. The third kappa shape index (κ3) is 7.91. The van der Waals surface area contributed by atoms with Crippen LogP contribution in [0.3, 0.4) is 0 Å². The lowest BCUT2D eigenvalue weighted by Crippen LogP contribution is -2.52. The molecule has 0 radical (unpaired) electrons. The molecule has 0 aromatic carbocycles. The molecule has 7 nitrogen and oxygen atoms in total. The van der Waals surface area contributed by atoms with Crippen molar-refractivity contribution >= 4 is 12.1 Å². The van der Waals surface area contributed by atoms with Crippen LogP contribution in [-0.2, 0) is 23.7 Å². The third-order valence-electron chi connectivity index (χ3n) is 4.28. The first-order valence-corrected chi connectivity index (χ1v) is 9.43. The number of likely N-dealkylation sites (tertiary alicyclic amines) is 1. The van der Waals surface area contributed by atoms with Crippen molar-refractivity contribution in [1.29, 1.82) is 0 Å². The lowest BCUT2D eigenvalue weighted by Gasteiger charge is -2.41. The number of methoxy groups -OCH3 is 1. The van der Waals surface area contributed by atoms with Crippen LogP contribution in [0.15, 0.2) is 0 Å². The van der Waals surface area contributed by atoms with Crippen LogP contribution >= 0.6 is 0 Å². The van der Waals surface area contributed by atoms with Crippen LogP contribution < -0.4 is 0 Å². The summed E-state index contributed by atoms with van der Waals surface area (Å²) < 4.78 is 22.0. The number of nitrogens with zero attached hydrogens (tertiary/aromatic N) is 1. The van der Waals surface area contributed by atoms with Crippen LogP contribution in [-0.4, -0.2) is 61.8 Å². The van der Waals surface area contributed by atoms with E-state index in [-0.39, 0.29) is 37.0 Å². The zero-order chi connectivity index (χ0) is 19.7. The standard InChI is InChI=1S/C19H35NO6/c1-7-8-9-16(24-13-23-6)15-12-20(18(22)26-19(3,4)5)11-10-17(15)25-14(2)21/h15-17H,7-13H2,1-6H3. The van der Waals surface area contributed by atoms with E-state index in [9.17, 15) is 9.59 Å². The summed E-state index contributed by atoms with van der Waals surface area (Å²) in [5.74, 6) is -0.423. The highest BCUT2D eigenvalue weighted by atomic mass is 16.7. The molecule has 0 aliphatic carbocycles. The molecular weight excluding hydrogens is 338 g/mol. The molecule has 0 bridgehead atoms. The van der Waals surface area contributed by atoms with Crippen LogP contribution in [0, 0.1) is 5.92 Å². The Bertz CT molecular complexity index is 440. The van der Waals surface area contributed by atoms with Gasteiger partial charge in [0.15, 0.2) is 0 Å². The van der Waals surface area contributed by atoms with Gasteiger partial charge in [-0.05, 0) is 27.2 Å². The number of carbonyl (C=O) groups excluding carboxylic acids is 2. The minimum Gasteiger partial charge on any atom is -0.462 e. The molecular formula is C19H35NO6. The SMILES string of the molecule is CCCCC(OCOC)C1CN(C(=O)OC(C)(C)C)CCC1OC(C)=O. The van der Waals surface area contributed by atoms with E-state index < -0.39 is 5.60 Å². The fraction of sp³-hybridized carbons (Fsp3) is 0.895. The summed E-state index contributed by atoms with van der Waals surface area (Å²) in [4.78, 5) is 25.7. The maximum atomic E-state index is 12.5. The summed E-state index contributed by atoms with van der Waals surface area (Å²) in [7, 11) is 1.58. The van der Waals surface area contributed by atoms with Crippen molar-refractivity contribution in [3.63, 3.8) is 0 Å². The Hall–Kier alpha value is -1.34. The van der Waals surface area contributed by atoms with Crippen molar-refractivity contribution in [3.05, 3.63) is 0 Å². The Labute approximate surface area is 157 Å². The molecule has 0 spiro atoms. The lowest BCUT2D eigenvalue weighted by molar-refractivity contribution is -0.163. The van der Waals surface area contributed by atoms with E-state index in [1.807, 2.05) is 20.8 Å². The second-order valence-corrected chi connectivity index (χ2v) is 7.78. The first-order valence-electron chi connectivity index (χ1n) is 9.43. The summed E-state index contributed by atoms with van der Waals surface area (Å²) >= 11 is 0. The van der Waals surface area contributed by atoms with Gasteiger partial charge < -0.3 is 23.8 Å². The van der Waals surface area contributed by atoms with Gasteiger partial charge in [0.1, 0.15) is 18.5 Å². The second-order valence-electron chi connectivity index (χ2n) is 7.78. The molecule has 3 unspecified atom stereocenters. The summed E-state index contributed by atoms with van der Waals surface area (Å²) in [6, 6.07) is 0. The molecule has 1 fully saturated rings. The van der Waals surface area contributed by atoms with Crippen molar-refractivity contribution in [2.45, 2.75) is 78.1 Å². The molecule has 0 saturated carbocycles. The molecule has 1 amide bonds. The molecule has 7 heteroatoms. The number of ether oxygens (including phenoxy) is 4. The van der Waals surface area contributed by atoms with Gasteiger partial charge in [-0.3, -0.25) is 4.79 Å². The van der Waals surface area contributed by atoms with Crippen molar-refractivity contribution in [2.24, 2.45) is 5.92 Å². The molecule has 0 aromatic rings. The Morgan fingerprint density at radius 2 is 1.96 bits per heavy atom. The largest absolute Gasteiger partial charge is 0.462 e. The molecule has 1 rings (SSSR count). The van der Waals surface area contributed by atoms with Gasteiger partial charge in [0, 0.05) is 39.5 Å². The molecule has 1 aliphatic heterocycles. The summed E-state index contributed by atoms with van der Waals surface area (Å²) in [5.41, 5.74) is -0.548. The topological polar surface area (TPSA) is 74.3 Å². The number of carbonyl (C=O) groups is 2. The van der Waals surface area contributed by atoms with Gasteiger partial charge in [-0.15, -0.1) is 0 Å². The predicted molar refractivity (Wildman–Crippen MR) is 97.7 cm³/mol. The summed E-state index contributed by atoms with van der Waals surface area (Å²) in [5, 5.41) is 0. The van der Waals surface area contributed by atoms with Crippen LogP contribution in [0.25, 0.3) is 0 Å². The van der Waals surface area contributed by atoms with E-state index >= 15 is 0 Å². The van der Waals surface area contributed by atoms with E-state index in [2.05, 4.69) is 6.92 Å². The number of hydrogen-bond acceptors (Lipinski definition) is 6. The molecule has 1 saturated heterocycles. The average Bonchev–Trinajstić information content (AvgIpc) is 2.53. The van der Waals surface area contributed by atoms with Crippen molar-refractivity contribution in [3.8, 4) is 0 Å². The van der Waals surface area contributed by atoms with E-state index in [0.717, 1.165) is 19.3 Å². The van der Waals surface area contributed by atoms with Crippen LogP contribution in [0.4, 0.5) is 4.79 Å². The Balaban J connectivity index is 2.90. The number of esters is 1. The summed E-state index contributed by atoms with van der Waals surface area (Å²) in [6.45, 7) is 10.2. The van der Waals surface area contributed by atoms with Crippen LogP contribution in [0.5, 0.6) is 0 Å². The van der Waals surface area contributed by atoms with Crippen LogP contribution in [0.1, 0.15) is 60.3 Å². The maximum absolute atomic E-state index is 12.5. The van der Waals surface area contributed by atoms with Gasteiger partial charge in [0.25, 0.3) is 0 Å². The first-order chi connectivity index (χ1) is 12.2. The highest BCUT2D eigenvalue weighted by Gasteiger charge is 2.39. The summed E-state index contributed by atoms with van der Waals surface area (Å²) in [6.07, 6.45) is 2.66. The molecule has 1 heterocycles. The number of piperidine rings is 1. The van der Waals surface area contributed by atoms with Gasteiger partial charge in [-0.1, -0.05) is 19.8 Å². The van der Waals surface area contributed by atoms with E-state index in [1.54, 1.807) is 12.0 Å². The smallest absolute Gasteiger partial charge is 0.410 e. The fourth-order valence-corrected chi connectivity index (χ4v) is 3.15. The normalized spacial score (nSPS) is 22.0. The van der Waals surface area contributed by atoms with Gasteiger partial charge in [-0.25, -0.2) is 4.79 Å². The minimum absolute atomic E-state index is 0.109. The number of rotatable bonds is 8. The van der Waals surface area contributed by atoms with Gasteiger partial charge in [0.05, 0.1) is 6.10 Å². The van der Waals surface area contributed by atoms with Crippen molar-refractivity contribution in [2.75, 3.05) is 27.0 Å². The Morgan fingerprint density at radius 3 is 2.50 bits per heavy atom. The van der Waals surface area contributed by atoms with Crippen molar-refractivity contribution in [1.82, 2.24) is 4.90 Å². The number of amides is 1. The molecule has 3 atom stereocenters. The first kappa shape index (κ1) is 22.7. The zero-order valence-corrected chi connectivity index (χ0v) is 17.1. The van der Waals surface area contributed by atoms with E-state index in [0.29, 0.717) is 19.5 Å². The fourth-order valence-electron chi connectivity index (χ4n) is 3.15. The molecule has 0 N–H and O–H groups in total.